The molecule has 0 spiro atoms. The fraction of sp³-hybridized carbons (Fsp3) is 0.167. The molecule has 1 heterocycles. The smallest absolute Gasteiger partial charge is 0.0349 e. The van der Waals surface area contributed by atoms with Gasteiger partial charge < -0.3 is 0 Å². The van der Waals surface area contributed by atoms with E-state index in [0.717, 1.165) is 6.42 Å². The molecule has 2 rings (SSSR count). The van der Waals surface area contributed by atoms with Crippen LogP contribution in [-0.2, 0) is 6.42 Å². The van der Waals surface area contributed by atoms with Gasteiger partial charge in [0.2, 0.25) is 0 Å². The minimum Gasteiger partial charge on any atom is -0.144 e. The fourth-order valence-electron chi connectivity index (χ4n) is 1.31. The monoisotopic (exact) mass is 187 g/mol. The Labute approximate surface area is 82.9 Å². The second-order valence-corrected chi connectivity index (χ2v) is 3.89. The van der Waals surface area contributed by atoms with E-state index >= 15 is 0 Å². The zero-order valence-electron chi connectivity index (χ0n) is 7.58. The van der Waals surface area contributed by atoms with Gasteiger partial charge in [0.25, 0.3) is 0 Å². The Bertz CT molecular complexity index is 374. The van der Waals surface area contributed by atoms with Crippen molar-refractivity contribution in [1.29, 1.82) is 0 Å². The van der Waals surface area contributed by atoms with Gasteiger partial charge in [-0.15, -0.1) is 11.3 Å². The number of thiophene rings is 1. The van der Waals surface area contributed by atoms with Crippen LogP contribution in [-0.4, -0.2) is 0 Å². The molecule has 0 saturated heterocycles. The van der Waals surface area contributed by atoms with Gasteiger partial charge in [-0.3, -0.25) is 0 Å². The van der Waals surface area contributed by atoms with E-state index in [1.165, 1.54) is 16.0 Å². The molecule has 0 aliphatic heterocycles. The van der Waals surface area contributed by atoms with E-state index in [9.17, 15) is 0 Å². The minimum absolute atomic E-state index is 1.09. The highest BCUT2D eigenvalue weighted by Gasteiger charge is 1.98. The summed E-state index contributed by atoms with van der Waals surface area (Å²) in [4.78, 5) is 1.30. The molecular formula is C12H11S. The number of aryl methyl sites for hydroxylation is 1. The maximum atomic E-state index is 3.26. The van der Waals surface area contributed by atoms with Crippen molar-refractivity contribution in [3.8, 4) is 10.4 Å². The van der Waals surface area contributed by atoms with Gasteiger partial charge in [0.05, 0.1) is 0 Å². The van der Waals surface area contributed by atoms with E-state index in [1.807, 2.05) is 6.07 Å². The molecule has 0 bridgehead atoms. The zero-order valence-corrected chi connectivity index (χ0v) is 8.40. The lowest BCUT2D eigenvalue weighted by Crippen LogP contribution is -1.80. The highest BCUT2D eigenvalue weighted by Crippen LogP contribution is 2.24. The molecule has 65 valence electrons. The Morgan fingerprint density at radius 1 is 1.38 bits per heavy atom. The van der Waals surface area contributed by atoms with E-state index < -0.39 is 0 Å². The largest absolute Gasteiger partial charge is 0.144 e. The first-order valence-electron chi connectivity index (χ1n) is 4.44. The van der Waals surface area contributed by atoms with Crippen molar-refractivity contribution >= 4 is 11.3 Å². The van der Waals surface area contributed by atoms with E-state index in [4.69, 9.17) is 0 Å². The molecule has 0 atom stereocenters. The quantitative estimate of drug-likeness (QED) is 0.671. The van der Waals surface area contributed by atoms with Crippen LogP contribution in [0.3, 0.4) is 0 Å². The average Bonchev–Trinajstić information content (AvgIpc) is 2.71. The summed E-state index contributed by atoms with van der Waals surface area (Å²) in [6.45, 7) is 2.17. The van der Waals surface area contributed by atoms with Crippen molar-refractivity contribution in [2.45, 2.75) is 13.3 Å². The van der Waals surface area contributed by atoms with Crippen LogP contribution in [0.1, 0.15) is 12.5 Å². The van der Waals surface area contributed by atoms with Crippen LogP contribution in [0.4, 0.5) is 0 Å². The van der Waals surface area contributed by atoms with Crippen molar-refractivity contribution in [2.75, 3.05) is 0 Å². The van der Waals surface area contributed by atoms with Gasteiger partial charge in [0, 0.05) is 4.88 Å². The summed E-state index contributed by atoms with van der Waals surface area (Å²) in [5, 5.41) is 2.10. The maximum absolute atomic E-state index is 3.26. The molecular weight excluding hydrogens is 176 g/mol. The lowest BCUT2D eigenvalue weighted by Gasteiger charge is -1.99. The van der Waals surface area contributed by atoms with E-state index in [-0.39, 0.29) is 0 Å². The molecule has 0 unspecified atom stereocenters. The van der Waals surface area contributed by atoms with E-state index in [2.05, 4.69) is 42.6 Å². The van der Waals surface area contributed by atoms with Gasteiger partial charge in [0.15, 0.2) is 0 Å². The molecule has 1 heteroatoms. The molecule has 2 aromatic rings. The molecule has 1 aromatic carbocycles. The normalized spacial score (nSPS) is 10.2. The van der Waals surface area contributed by atoms with Crippen LogP contribution in [0.15, 0.2) is 35.7 Å². The SMILES string of the molecule is CCc1cc[c]c(-c2cccs2)c1. The van der Waals surface area contributed by atoms with Crippen LogP contribution < -0.4 is 0 Å². The van der Waals surface area contributed by atoms with Crippen LogP contribution >= 0.6 is 11.3 Å². The van der Waals surface area contributed by atoms with Crippen molar-refractivity contribution < 1.29 is 0 Å². The number of hydrogen-bond donors (Lipinski definition) is 0. The van der Waals surface area contributed by atoms with Crippen LogP contribution in [0, 0.1) is 6.07 Å². The highest BCUT2D eigenvalue weighted by molar-refractivity contribution is 7.13. The Balaban J connectivity index is 2.41. The number of rotatable bonds is 2. The molecule has 0 nitrogen and oxygen atoms in total. The van der Waals surface area contributed by atoms with Crippen molar-refractivity contribution in [3.05, 3.63) is 47.3 Å². The lowest BCUT2D eigenvalue weighted by atomic mass is 10.1. The summed E-state index contributed by atoms with van der Waals surface area (Å²) in [6, 6.07) is 13.8. The second-order valence-electron chi connectivity index (χ2n) is 2.94. The summed E-state index contributed by atoms with van der Waals surface area (Å²) in [5.74, 6) is 0. The first-order chi connectivity index (χ1) is 6.40. The summed E-state index contributed by atoms with van der Waals surface area (Å²) >= 11 is 1.76. The van der Waals surface area contributed by atoms with E-state index in [1.54, 1.807) is 11.3 Å². The standard InChI is InChI=1S/C12H11S/c1-2-10-5-3-6-11(9-10)12-7-4-8-13-12/h3-5,7-9H,2H2,1H3. The molecule has 0 amide bonds. The average molecular weight is 187 g/mol. The molecule has 0 N–H and O–H groups in total. The molecule has 0 aliphatic carbocycles. The number of hydrogen-bond acceptors (Lipinski definition) is 1. The topological polar surface area (TPSA) is 0 Å². The Hall–Kier alpha value is -1.08. The Kier molecular flexibility index (Phi) is 2.46. The van der Waals surface area contributed by atoms with Gasteiger partial charge in [-0.05, 0) is 41.1 Å². The highest BCUT2D eigenvalue weighted by atomic mass is 32.1. The molecule has 0 fully saturated rings. The Morgan fingerprint density at radius 2 is 2.31 bits per heavy atom. The van der Waals surface area contributed by atoms with Crippen LogP contribution in [0.25, 0.3) is 10.4 Å². The Morgan fingerprint density at radius 3 is 3.00 bits per heavy atom. The zero-order chi connectivity index (χ0) is 9.10. The third-order valence-corrected chi connectivity index (χ3v) is 2.96. The van der Waals surface area contributed by atoms with Crippen LogP contribution in [0.2, 0.25) is 0 Å². The summed E-state index contributed by atoms with van der Waals surface area (Å²) in [6.07, 6.45) is 1.09. The van der Waals surface area contributed by atoms with Gasteiger partial charge in [-0.1, -0.05) is 25.1 Å². The molecule has 13 heavy (non-hydrogen) atoms. The third kappa shape index (κ3) is 1.81. The first kappa shape index (κ1) is 8.52. The second kappa shape index (κ2) is 3.75. The summed E-state index contributed by atoms with van der Waals surface area (Å²) in [7, 11) is 0. The maximum Gasteiger partial charge on any atom is 0.0349 e. The predicted molar refractivity (Wildman–Crippen MR) is 58.0 cm³/mol. The summed E-state index contributed by atoms with van der Waals surface area (Å²) < 4.78 is 0. The van der Waals surface area contributed by atoms with Gasteiger partial charge in [0.1, 0.15) is 0 Å². The molecule has 1 aromatic heterocycles. The van der Waals surface area contributed by atoms with Gasteiger partial charge in [-0.2, -0.15) is 0 Å². The van der Waals surface area contributed by atoms with Crippen molar-refractivity contribution in [1.82, 2.24) is 0 Å². The van der Waals surface area contributed by atoms with Crippen LogP contribution in [0.5, 0.6) is 0 Å². The van der Waals surface area contributed by atoms with Crippen molar-refractivity contribution in [2.24, 2.45) is 0 Å². The fourth-order valence-corrected chi connectivity index (χ4v) is 2.01. The lowest BCUT2D eigenvalue weighted by molar-refractivity contribution is 1.14. The first-order valence-corrected chi connectivity index (χ1v) is 5.32. The molecule has 0 saturated carbocycles. The van der Waals surface area contributed by atoms with E-state index in [0.29, 0.717) is 0 Å². The van der Waals surface area contributed by atoms with Crippen molar-refractivity contribution in [3.63, 3.8) is 0 Å². The summed E-state index contributed by atoms with van der Waals surface area (Å²) in [5.41, 5.74) is 2.59. The molecule has 0 aliphatic rings. The van der Waals surface area contributed by atoms with Gasteiger partial charge in [-0.25, -0.2) is 0 Å². The molecule has 1 radical (unpaired) electrons. The predicted octanol–water partition coefficient (Wildman–Crippen LogP) is 3.78. The third-order valence-electron chi connectivity index (χ3n) is 2.06. The van der Waals surface area contributed by atoms with Gasteiger partial charge >= 0.3 is 0 Å². The number of benzene rings is 1. The minimum atomic E-state index is 1.09.